The van der Waals surface area contributed by atoms with Crippen molar-refractivity contribution in [2.45, 2.75) is 11.4 Å². The number of sulfonamides is 1. The Morgan fingerprint density at radius 2 is 1.88 bits per heavy atom. The molecule has 0 bridgehead atoms. The van der Waals surface area contributed by atoms with Crippen LogP contribution in [-0.4, -0.2) is 39.1 Å². The van der Waals surface area contributed by atoms with Crippen molar-refractivity contribution in [2.75, 3.05) is 25.1 Å². The van der Waals surface area contributed by atoms with Gasteiger partial charge in [-0.15, -0.1) is 0 Å². The number of hydrogen-bond acceptors (Lipinski definition) is 9. The van der Waals surface area contributed by atoms with Crippen molar-refractivity contribution in [3.05, 3.63) is 82.6 Å². The lowest BCUT2D eigenvalue weighted by atomic mass is 10.2. The predicted molar refractivity (Wildman–Crippen MR) is 117 cm³/mol. The van der Waals surface area contributed by atoms with Gasteiger partial charge in [0.1, 0.15) is 42.8 Å². The van der Waals surface area contributed by atoms with Crippen LogP contribution in [0.25, 0.3) is 0 Å². The summed E-state index contributed by atoms with van der Waals surface area (Å²) >= 11 is 0. The van der Waals surface area contributed by atoms with E-state index < -0.39 is 43.9 Å². The number of esters is 1. The van der Waals surface area contributed by atoms with Gasteiger partial charge in [0.2, 0.25) is 10.0 Å². The molecule has 34 heavy (non-hydrogen) atoms. The molecular formula is C21H20FN3O8S. The molecule has 0 radical (unpaired) electrons. The first-order valence-electron chi connectivity index (χ1n) is 9.83. The van der Waals surface area contributed by atoms with E-state index in [1.807, 2.05) is 4.72 Å². The molecule has 0 aliphatic carbocycles. The van der Waals surface area contributed by atoms with Crippen molar-refractivity contribution in [3.8, 4) is 5.75 Å². The number of anilines is 1. The predicted octanol–water partition coefficient (Wildman–Crippen LogP) is 2.84. The highest BCUT2D eigenvalue weighted by molar-refractivity contribution is 7.89. The fraction of sp³-hybridized carbons (Fsp3) is 0.190. The molecule has 3 aromatic rings. The summed E-state index contributed by atoms with van der Waals surface area (Å²) in [7, 11) is -4.23. The maximum absolute atomic E-state index is 12.8. The van der Waals surface area contributed by atoms with Gasteiger partial charge >= 0.3 is 5.97 Å². The van der Waals surface area contributed by atoms with Crippen molar-refractivity contribution in [1.29, 1.82) is 0 Å². The molecule has 0 fully saturated rings. The minimum Gasteiger partial charge on any atom is -0.490 e. The van der Waals surface area contributed by atoms with Gasteiger partial charge in [-0.25, -0.2) is 12.8 Å². The van der Waals surface area contributed by atoms with Crippen molar-refractivity contribution in [1.82, 2.24) is 4.72 Å². The molecule has 0 unspecified atom stereocenters. The minimum absolute atomic E-state index is 0.0250. The van der Waals surface area contributed by atoms with Crippen LogP contribution in [0, 0.1) is 15.9 Å². The molecule has 2 aromatic carbocycles. The summed E-state index contributed by atoms with van der Waals surface area (Å²) in [4.78, 5) is 22.1. The van der Waals surface area contributed by atoms with Crippen LogP contribution < -0.4 is 14.8 Å². The van der Waals surface area contributed by atoms with Crippen molar-refractivity contribution >= 4 is 27.4 Å². The highest BCUT2D eigenvalue weighted by Crippen LogP contribution is 2.28. The number of ether oxygens (including phenoxy) is 2. The molecule has 0 saturated heterocycles. The van der Waals surface area contributed by atoms with E-state index in [4.69, 9.17) is 13.9 Å². The van der Waals surface area contributed by atoms with Gasteiger partial charge in [-0.3, -0.25) is 14.9 Å². The summed E-state index contributed by atoms with van der Waals surface area (Å²) < 4.78 is 55.1. The number of carbonyl (C=O) groups is 1. The average molecular weight is 493 g/mol. The average Bonchev–Trinajstić information content (AvgIpc) is 3.34. The zero-order chi connectivity index (χ0) is 24.6. The second kappa shape index (κ2) is 11.2. The van der Waals surface area contributed by atoms with Crippen LogP contribution in [0.1, 0.15) is 5.76 Å². The van der Waals surface area contributed by atoms with Crippen LogP contribution in [0.5, 0.6) is 5.75 Å². The highest BCUT2D eigenvalue weighted by Gasteiger charge is 2.22. The van der Waals surface area contributed by atoms with Gasteiger partial charge in [0, 0.05) is 6.07 Å². The van der Waals surface area contributed by atoms with Gasteiger partial charge in [-0.1, -0.05) is 0 Å². The van der Waals surface area contributed by atoms with E-state index in [1.165, 1.54) is 42.7 Å². The zero-order valence-corrected chi connectivity index (χ0v) is 18.4. The van der Waals surface area contributed by atoms with Gasteiger partial charge in [0.15, 0.2) is 0 Å². The van der Waals surface area contributed by atoms with Crippen molar-refractivity contribution in [3.63, 3.8) is 0 Å². The van der Waals surface area contributed by atoms with E-state index in [-0.39, 0.29) is 25.4 Å². The normalized spacial score (nSPS) is 11.1. The van der Waals surface area contributed by atoms with Gasteiger partial charge in [0.25, 0.3) is 5.69 Å². The van der Waals surface area contributed by atoms with Crippen LogP contribution in [0.15, 0.2) is 70.2 Å². The fourth-order valence-electron chi connectivity index (χ4n) is 2.71. The van der Waals surface area contributed by atoms with Crippen LogP contribution in [0.2, 0.25) is 0 Å². The molecule has 2 N–H and O–H groups in total. The Kier molecular flexibility index (Phi) is 8.16. The molecule has 0 amide bonds. The number of nitrogens with one attached hydrogen (secondary N) is 2. The Balaban J connectivity index is 1.51. The second-order valence-corrected chi connectivity index (χ2v) is 8.48. The lowest BCUT2D eigenvalue weighted by Crippen LogP contribution is -2.31. The number of halogens is 1. The van der Waals surface area contributed by atoms with Crippen molar-refractivity contribution in [2.24, 2.45) is 0 Å². The Bertz CT molecular complexity index is 1230. The summed E-state index contributed by atoms with van der Waals surface area (Å²) in [5.41, 5.74) is -0.365. The monoisotopic (exact) mass is 493 g/mol. The fourth-order valence-corrected chi connectivity index (χ4v) is 3.70. The summed E-state index contributed by atoms with van der Waals surface area (Å²) in [6.45, 7) is -0.720. The quantitative estimate of drug-likeness (QED) is 0.168. The summed E-state index contributed by atoms with van der Waals surface area (Å²) in [5, 5.41) is 14.2. The van der Waals surface area contributed by atoms with E-state index in [9.17, 15) is 27.7 Å². The SMILES string of the molecule is O=C(CNS(=O)(=O)c1ccc(NCc2ccco2)c([N+](=O)[O-])c1)OCCOc1ccc(F)cc1. The molecule has 0 spiro atoms. The number of carbonyl (C=O) groups excluding carboxylic acids is 1. The zero-order valence-electron chi connectivity index (χ0n) is 17.6. The first kappa shape index (κ1) is 24.7. The van der Waals surface area contributed by atoms with Crippen LogP contribution in [0.3, 0.4) is 0 Å². The summed E-state index contributed by atoms with van der Waals surface area (Å²) in [6.07, 6.45) is 1.45. The van der Waals surface area contributed by atoms with Crippen LogP contribution in [-0.2, 0) is 26.1 Å². The van der Waals surface area contributed by atoms with E-state index >= 15 is 0 Å². The van der Waals surface area contributed by atoms with Crippen LogP contribution >= 0.6 is 0 Å². The first-order chi connectivity index (χ1) is 16.2. The number of benzene rings is 2. The molecule has 180 valence electrons. The van der Waals surface area contributed by atoms with Gasteiger partial charge < -0.3 is 19.2 Å². The lowest BCUT2D eigenvalue weighted by molar-refractivity contribution is -0.384. The third-order valence-corrected chi connectivity index (χ3v) is 5.74. The third-order valence-electron chi connectivity index (χ3n) is 4.34. The van der Waals surface area contributed by atoms with Gasteiger partial charge in [0.05, 0.1) is 22.6 Å². The smallest absolute Gasteiger partial charge is 0.321 e. The molecule has 0 atom stereocenters. The largest absolute Gasteiger partial charge is 0.490 e. The molecule has 11 nitrogen and oxygen atoms in total. The number of nitrogens with zero attached hydrogens (tertiary/aromatic N) is 1. The molecule has 13 heteroatoms. The Labute approximate surface area is 193 Å². The molecule has 0 aliphatic rings. The molecular weight excluding hydrogens is 473 g/mol. The van der Waals surface area contributed by atoms with Crippen LogP contribution in [0.4, 0.5) is 15.8 Å². The van der Waals surface area contributed by atoms with E-state index in [1.54, 1.807) is 12.1 Å². The Hall–Kier alpha value is -3.97. The number of rotatable bonds is 12. The van der Waals surface area contributed by atoms with E-state index in [0.29, 0.717) is 11.5 Å². The Morgan fingerprint density at radius 1 is 1.12 bits per heavy atom. The third kappa shape index (κ3) is 7.02. The van der Waals surface area contributed by atoms with Gasteiger partial charge in [-0.05, 0) is 48.5 Å². The maximum atomic E-state index is 12.8. The Morgan fingerprint density at radius 3 is 2.56 bits per heavy atom. The molecule has 3 rings (SSSR count). The number of hydrogen-bond donors (Lipinski definition) is 2. The number of nitro benzene ring substituents is 1. The summed E-state index contributed by atoms with van der Waals surface area (Å²) in [6, 6.07) is 11.9. The molecule has 0 saturated carbocycles. The summed E-state index contributed by atoms with van der Waals surface area (Å²) in [5.74, 6) is -0.384. The maximum Gasteiger partial charge on any atom is 0.321 e. The highest BCUT2D eigenvalue weighted by atomic mass is 32.2. The molecule has 1 aromatic heterocycles. The molecule has 1 heterocycles. The first-order valence-corrected chi connectivity index (χ1v) is 11.3. The second-order valence-electron chi connectivity index (χ2n) is 6.72. The van der Waals surface area contributed by atoms with Crippen molar-refractivity contribution < 1.29 is 36.4 Å². The number of nitro groups is 1. The number of furan rings is 1. The minimum atomic E-state index is -4.23. The van der Waals surface area contributed by atoms with E-state index in [0.717, 1.165) is 6.07 Å². The molecule has 0 aliphatic heterocycles. The topological polar surface area (TPSA) is 150 Å². The van der Waals surface area contributed by atoms with Gasteiger partial charge in [-0.2, -0.15) is 4.72 Å². The standard InChI is InChI=1S/C21H20FN3O8S/c22-15-3-5-16(6-4-15)32-10-11-33-21(26)14-24-34(29,30)18-7-8-19(20(12-18)25(27)28)23-13-17-2-1-9-31-17/h1-9,12,23-24H,10-11,13-14H2. The lowest BCUT2D eigenvalue weighted by Gasteiger charge is -2.10. The van der Waals surface area contributed by atoms with E-state index in [2.05, 4.69) is 5.32 Å².